The molecule has 2 aliphatic rings. The summed E-state index contributed by atoms with van der Waals surface area (Å²) in [4.78, 5) is 23.9. The molecule has 0 spiro atoms. The summed E-state index contributed by atoms with van der Waals surface area (Å²) in [6.07, 6.45) is 4.22. The van der Waals surface area contributed by atoms with Gasteiger partial charge in [0.25, 0.3) is 5.91 Å². The third-order valence-electron chi connectivity index (χ3n) is 7.99. The SMILES string of the molecule is CCn1cnc2c(-c3ccc(F)c(-c4cc5c(cc4OC)N(CCCN4CCN(C)CC4)C(=O)CO5)c3)cnnc21. The molecule has 0 N–H and O–H groups in total. The third-order valence-corrected chi connectivity index (χ3v) is 7.99. The van der Waals surface area contributed by atoms with E-state index in [4.69, 9.17) is 9.47 Å². The lowest BCUT2D eigenvalue weighted by atomic mass is 9.97. The predicted octanol–water partition coefficient (Wildman–Crippen LogP) is 3.69. The van der Waals surface area contributed by atoms with Crippen molar-refractivity contribution in [2.45, 2.75) is 19.9 Å². The number of nitrogens with zero attached hydrogens (tertiary/aromatic N) is 7. The van der Waals surface area contributed by atoms with Crippen LogP contribution in [0.2, 0.25) is 0 Å². The first-order valence-electron chi connectivity index (χ1n) is 14.0. The van der Waals surface area contributed by atoms with Crippen molar-refractivity contribution < 1.29 is 18.7 Å². The molecule has 2 aromatic carbocycles. The zero-order valence-electron chi connectivity index (χ0n) is 23.6. The van der Waals surface area contributed by atoms with Crippen LogP contribution in [0.25, 0.3) is 33.4 Å². The van der Waals surface area contributed by atoms with E-state index in [2.05, 4.69) is 32.0 Å². The second kappa shape index (κ2) is 11.4. The van der Waals surface area contributed by atoms with Gasteiger partial charge < -0.3 is 28.7 Å². The normalized spacial score (nSPS) is 16.2. The Morgan fingerprint density at radius 2 is 1.88 bits per heavy atom. The molecule has 2 aliphatic heterocycles. The monoisotopic (exact) mass is 559 g/mol. The number of carbonyl (C=O) groups is 1. The summed E-state index contributed by atoms with van der Waals surface area (Å²) in [5.41, 5.74) is 4.41. The Kier molecular flexibility index (Phi) is 7.55. The molecule has 0 aliphatic carbocycles. The van der Waals surface area contributed by atoms with Crippen LogP contribution in [0, 0.1) is 5.82 Å². The first-order chi connectivity index (χ1) is 20.0. The molecule has 11 heteroatoms. The van der Waals surface area contributed by atoms with Gasteiger partial charge in [-0.25, -0.2) is 9.37 Å². The average molecular weight is 560 g/mol. The molecule has 4 heterocycles. The van der Waals surface area contributed by atoms with E-state index in [9.17, 15) is 4.79 Å². The summed E-state index contributed by atoms with van der Waals surface area (Å²) in [6, 6.07) is 8.45. The molecule has 214 valence electrons. The largest absolute Gasteiger partial charge is 0.496 e. The van der Waals surface area contributed by atoms with Crippen LogP contribution in [-0.2, 0) is 11.3 Å². The highest BCUT2D eigenvalue weighted by Crippen LogP contribution is 2.44. The summed E-state index contributed by atoms with van der Waals surface area (Å²) in [5, 5.41) is 8.41. The van der Waals surface area contributed by atoms with Crippen molar-refractivity contribution in [1.82, 2.24) is 29.5 Å². The van der Waals surface area contributed by atoms with E-state index in [1.54, 1.807) is 48.8 Å². The van der Waals surface area contributed by atoms with Gasteiger partial charge in [0.1, 0.15) is 22.8 Å². The van der Waals surface area contributed by atoms with Gasteiger partial charge >= 0.3 is 0 Å². The number of aromatic nitrogens is 4. The van der Waals surface area contributed by atoms with Crippen LogP contribution in [0.5, 0.6) is 11.5 Å². The molecule has 10 nitrogen and oxygen atoms in total. The highest BCUT2D eigenvalue weighted by Gasteiger charge is 2.28. The van der Waals surface area contributed by atoms with Crippen molar-refractivity contribution in [3.05, 3.63) is 48.7 Å². The lowest BCUT2D eigenvalue weighted by Crippen LogP contribution is -2.46. The maximum absolute atomic E-state index is 15.4. The minimum Gasteiger partial charge on any atom is -0.496 e. The van der Waals surface area contributed by atoms with Gasteiger partial charge in [0, 0.05) is 62.0 Å². The third kappa shape index (κ3) is 5.22. The molecule has 0 unspecified atom stereocenters. The minimum atomic E-state index is -0.403. The molecular weight excluding hydrogens is 525 g/mol. The number of anilines is 1. The zero-order chi connectivity index (χ0) is 28.5. The second-order valence-corrected chi connectivity index (χ2v) is 10.5. The zero-order valence-corrected chi connectivity index (χ0v) is 23.6. The quantitative estimate of drug-likeness (QED) is 0.323. The number of amides is 1. The predicted molar refractivity (Wildman–Crippen MR) is 155 cm³/mol. The highest BCUT2D eigenvalue weighted by atomic mass is 19.1. The van der Waals surface area contributed by atoms with Crippen molar-refractivity contribution in [3.8, 4) is 33.8 Å². The molecule has 0 saturated carbocycles. The molecule has 6 rings (SSSR count). The van der Waals surface area contributed by atoms with E-state index >= 15 is 4.39 Å². The Morgan fingerprint density at radius 3 is 2.66 bits per heavy atom. The summed E-state index contributed by atoms with van der Waals surface area (Å²) >= 11 is 0. The number of imidazole rings is 1. The summed E-state index contributed by atoms with van der Waals surface area (Å²) in [7, 11) is 3.69. The molecule has 0 atom stereocenters. The van der Waals surface area contributed by atoms with Gasteiger partial charge in [-0.3, -0.25) is 4.79 Å². The van der Waals surface area contributed by atoms with Crippen LogP contribution >= 0.6 is 0 Å². The molecule has 0 bridgehead atoms. The molecule has 1 fully saturated rings. The van der Waals surface area contributed by atoms with Crippen molar-refractivity contribution in [2.75, 3.05) is 64.9 Å². The van der Waals surface area contributed by atoms with Crippen molar-refractivity contribution in [2.24, 2.45) is 0 Å². The van der Waals surface area contributed by atoms with Crippen LogP contribution < -0.4 is 14.4 Å². The number of carbonyl (C=O) groups excluding carboxylic acids is 1. The number of likely N-dealkylation sites (N-methyl/N-ethyl adjacent to an activating group) is 1. The molecule has 4 aromatic rings. The number of halogens is 1. The van der Waals surface area contributed by atoms with Crippen LogP contribution in [0.15, 0.2) is 42.9 Å². The Labute approximate surface area is 238 Å². The number of hydrogen-bond acceptors (Lipinski definition) is 8. The fourth-order valence-corrected chi connectivity index (χ4v) is 5.59. The summed E-state index contributed by atoms with van der Waals surface area (Å²) in [5.74, 6) is 0.481. The lowest BCUT2D eigenvalue weighted by molar-refractivity contribution is -0.121. The fraction of sp³-hybridized carbons (Fsp3) is 0.400. The Balaban J connectivity index is 1.31. The first-order valence-corrected chi connectivity index (χ1v) is 14.0. The number of rotatable bonds is 8. The van der Waals surface area contributed by atoms with Crippen molar-refractivity contribution in [1.29, 1.82) is 0 Å². The number of fused-ring (bicyclic) bond motifs is 2. The van der Waals surface area contributed by atoms with Crippen molar-refractivity contribution >= 4 is 22.8 Å². The van der Waals surface area contributed by atoms with Gasteiger partial charge in [0.2, 0.25) is 0 Å². The van der Waals surface area contributed by atoms with Crippen molar-refractivity contribution in [3.63, 3.8) is 0 Å². The molecule has 1 saturated heterocycles. The van der Waals surface area contributed by atoms with E-state index in [1.807, 2.05) is 11.5 Å². The fourth-order valence-electron chi connectivity index (χ4n) is 5.59. The maximum atomic E-state index is 15.4. The smallest absolute Gasteiger partial charge is 0.265 e. The summed E-state index contributed by atoms with van der Waals surface area (Å²) in [6.45, 7) is 8.35. The maximum Gasteiger partial charge on any atom is 0.265 e. The van der Waals surface area contributed by atoms with Crippen LogP contribution in [-0.4, -0.2) is 95.5 Å². The van der Waals surface area contributed by atoms with E-state index in [0.29, 0.717) is 52.6 Å². The number of benzene rings is 2. The topological polar surface area (TPSA) is 88.9 Å². The van der Waals surface area contributed by atoms with E-state index in [-0.39, 0.29) is 12.5 Å². The number of piperazine rings is 1. The van der Waals surface area contributed by atoms with Gasteiger partial charge in [-0.05, 0) is 50.7 Å². The van der Waals surface area contributed by atoms with Gasteiger partial charge in [0.05, 0.1) is 25.3 Å². The Hall–Kier alpha value is -4.09. The van der Waals surface area contributed by atoms with Gasteiger partial charge in [-0.15, -0.1) is 5.10 Å². The molecule has 1 amide bonds. The van der Waals surface area contributed by atoms with Crippen LogP contribution in [0.4, 0.5) is 10.1 Å². The lowest BCUT2D eigenvalue weighted by Gasteiger charge is -2.34. The number of ether oxygens (including phenoxy) is 2. The average Bonchev–Trinajstić information content (AvgIpc) is 3.42. The first kappa shape index (κ1) is 27.1. The Morgan fingerprint density at radius 1 is 1.05 bits per heavy atom. The number of methoxy groups -OCH3 is 1. The van der Waals surface area contributed by atoms with E-state index in [1.165, 1.54) is 6.07 Å². The summed E-state index contributed by atoms with van der Waals surface area (Å²) < 4.78 is 28.9. The minimum absolute atomic E-state index is 0.0590. The van der Waals surface area contributed by atoms with E-state index < -0.39 is 5.82 Å². The van der Waals surface area contributed by atoms with E-state index in [0.717, 1.165) is 50.3 Å². The highest BCUT2D eigenvalue weighted by molar-refractivity contribution is 5.99. The number of hydrogen-bond donors (Lipinski definition) is 0. The van der Waals surface area contributed by atoms with Gasteiger partial charge in [0.15, 0.2) is 12.3 Å². The number of aryl methyl sites for hydroxylation is 1. The van der Waals surface area contributed by atoms with Gasteiger partial charge in [-0.1, -0.05) is 6.07 Å². The standard InChI is InChI=1S/C30H34FN7O3/c1-4-37-19-32-29-23(17-33-34-30(29)37)20-6-7-24(31)21(14-20)22-15-27-25(16-26(22)40-3)38(28(39)18-41-27)9-5-8-36-12-10-35(2)11-13-36/h6-7,14-17,19H,4-5,8-13,18H2,1-3H3. The van der Waals surface area contributed by atoms with Crippen LogP contribution in [0.1, 0.15) is 13.3 Å². The second-order valence-electron chi connectivity index (χ2n) is 10.5. The molecule has 41 heavy (non-hydrogen) atoms. The molecular formula is C30H34FN7O3. The van der Waals surface area contributed by atoms with Crippen LogP contribution in [0.3, 0.4) is 0 Å². The van der Waals surface area contributed by atoms with Gasteiger partial charge in [-0.2, -0.15) is 5.10 Å². The Bertz CT molecular complexity index is 1580. The molecule has 2 aromatic heterocycles. The molecule has 0 radical (unpaired) electrons.